The van der Waals surface area contributed by atoms with Crippen LogP contribution in [0.15, 0.2) is 54.6 Å². The highest BCUT2D eigenvalue weighted by atomic mass is 19.3. The molecule has 1 amide bonds. The van der Waals surface area contributed by atoms with Gasteiger partial charge in [0.15, 0.2) is 34.8 Å². The molecule has 3 rings (SSSR count). The molecule has 0 aliphatic carbocycles. The third kappa shape index (κ3) is 6.21. The zero-order valence-electron chi connectivity index (χ0n) is 17.8. The smallest absolute Gasteiger partial charge is 0.387 e. The van der Waals surface area contributed by atoms with Gasteiger partial charge in [0, 0.05) is 5.56 Å². The summed E-state index contributed by atoms with van der Waals surface area (Å²) in [5.74, 6) is -5.39. The van der Waals surface area contributed by atoms with Gasteiger partial charge in [0.25, 0.3) is 5.91 Å². The van der Waals surface area contributed by atoms with Gasteiger partial charge in [-0.1, -0.05) is 12.1 Å². The van der Waals surface area contributed by atoms with Gasteiger partial charge in [0.2, 0.25) is 0 Å². The lowest BCUT2D eigenvalue weighted by atomic mass is 9.98. The number of rotatable bonds is 9. The number of ether oxygens (including phenoxy) is 2. The van der Waals surface area contributed by atoms with Crippen LogP contribution >= 0.6 is 0 Å². The largest absolute Gasteiger partial charge is 0.493 e. The minimum absolute atomic E-state index is 0.0210. The Morgan fingerprint density at radius 1 is 0.853 bits per heavy atom. The van der Waals surface area contributed by atoms with E-state index in [9.17, 15) is 31.1 Å². The highest BCUT2D eigenvalue weighted by Gasteiger charge is 2.20. The summed E-state index contributed by atoms with van der Waals surface area (Å²) in [4.78, 5) is 12.9. The minimum Gasteiger partial charge on any atom is -0.493 e. The standard InChI is InChI=1S/C24H19F6NO3/c1-33-21-9-5-15(12-22(21)34-24(29)30)23(32)31-20(14-4-7-17(26)19(28)11-14)8-3-13-2-6-16(25)18(27)10-13/h2,4-7,9-12,20,24H,3,8H2,1H3,(H,31,32). The first-order chi connectivity index (χ1) is 16.2. The number of methoxy groups -OCH3 is 1. The van der Waals surface area contributed by atoms with E-state index in [0.29, 0.717) is 5.56 Å². The maximum absolute atomic E-state index is 13.8. The number of aryl methyl sites for hydroxylation is 1. The predicted octanol–water partition coefficient (Wildman–Crippen LogP) is 5.96. The summed E-state index contributed by atoms with van der Waals surface area (Å²) in [5.41, 5.74) is 0.571. The minimum atomic E-state index is -3.15. The molecule has 0 saturated carbocycles. The highest BCUT2D eigenvalue weighted by Crippen LogP contribution is 2.30. The molecule has 0 spiro atoms. The lowest BCUT2D eigenvalue weighted by Gasteiger charge is -2.20. The maximum Gasteiger partial charge on any atom is 0.387 e. The molecule has 0 radical (unpaired) electrons. The summed E-state index contributed by atoms with van der Waals surface area (Å²) in [6.45, 7) is -3.15. The lowest BCUT2D eigenvalue weighted by Crippen LogP contribution is -2.29. The van der Waals surface area contributed by atoms with Crippen molar-refractivity contribution in [2.24, 2.45) is 0 Å². The van der Waals surface area contributed by atoms with Crippen molar-refractivity contribution in [2.45, 2.75) is 25.5 Å². The molecule has 0 aromatic heterocycles. The predicted molar refractivity (Wildman–Crippen MR) is 111 cm³/mol. The number of halogens is 6. The second-order valence-electron chi connectivity index (χ2n) is 7.23. The first kappa shape index (κ1) is 24.9. The normalized spacial score (nSPS) is 11.9. The highest BCUT2D eigenvalue weighted by molar-refractivity contribution is 5.95. The average Bonchev–Trinajstić information content (AvgIpc) is 2.80. The summed E-state index contributed by atoms with van der Waals surface area (Å²) in [6.07, 6.45) is 0.266. The first-order valence-electron chi connectivity index (χ1n) is 10.0. The van der Waals surface area contributed by atoms with Gasteiger partial charge in [0.1, 0.15) is 0 Å². The van der Waals surface area contributed by atoms with E-state index in [0.717, 1.165) is 30.3 Å². The Labute approximate surface area is 191 Å². The summed E-state index contributed by atoms with van der Waals surface area (Å²) in [7, 11) is 1.24. The number of hydrogen-bond donors (Lipinski definition) is 1. The van der Waals surface area contributed by atoms with E-state index < -0.39 is 41.8 Å². The molecule has 0 fully saturated rings. The first-order valence-corrected chi connectivity index (χ1v) is 10.0. The van der Waals surface area contributed by atoms with Crippen LogP contribution in [0.25, 0.3) is 0 Å². The molecule has 1 atom stereocenters. The van der Waals surface area contributed by atoms with Gasteiger partial charge in [-0.05, 0) is 66.4 Å². The van der Waals surface area contributed by atoms with Crippen molar-refractivity contribution in [3.63, 3.8) is 0 Å². The van der Waals surface area contributed by atoms with Gasteiger partial charge >= 0.3 is 6.61 Å². The van der Waals surface area contributed by atoms with Crippen molar-refractivity contribution >= 4 is 5.91 Å². The molecule has 0 aliphatic heterocycles. The van der Waals surface area contributed by atoms with Crippen LogP contribution in [0.5, 0.6) is 11.5 Å². The Balaban J connectivity index is 1.86. The third-order valence-corrected chi connectivity index (χ3v) is 5.00. The van der Waals surface area contributed by atoms with E-state index in [-0.39, 0.29) is 35.5 Å². The summed E-state index contributed by atoms with van der Waals surface area (Å²) < 4.78 is 88.7. The molecule has 3 aromatic carbocycles. The number of alkyl halides is 2. The summed E-state index contributed by atoms with van der Waals surface area (Å²) in [6, 6.07) is 9.14. The molecule has 0 bridgehead atoms. The zero-order valence-corrected chi connectivity index (χ0v) is 17.8. The van der Waals surface area contributed by atoms with Gasteiger partial charge in [-0.2, -0.15) is 8.78 Å². The van der Waals surface area contributed by atoms with Crippen molar-refractivity contribution in [1.29, 1.82) is 0 Å². The van der Waals surface area contributed by atoms with Gasteiger partial charge in [0.05, 0.1) is 13.2 Å². The fourth-order valence-corrected chi connectivity index (χ4v) is 3.31. The van der Waals surface area contributed by atoms with Crippen LogP contribution in [0.2, 0.25) is 0 Å². The van der Waals surface area contributed by atoms with Crippen molar-refractivity contribution in [1.82, 2.24) is 5.32 Å². The number of hydrogen-bond acceptors (Lipinski definition) is 3. The van der Waals surface area contributed by atoms with Crippen LogP contribution in [0.1, 0.15) is 33.9 Å². The summed E-state index contributed by atoms with van der Waals surface area (Å²) >= 11 is 0. The molecule has 10 heteroatoms. The Hall–Kier alpha value is -3.69. The Morgan fingerprint density at radius 2 is 1.53 bits per heavy atom. The topological polar surface area (TPSA) is 47.6 Å². The van der Waals surface area contributed by atoms with E-state index in [4.69, 9.17) is 4.74 Å². The monoisotopic (exact) mass is 483 g/mol. The lowest BCUT2D eigenvalue weighted by molar-refractivity contribution is -0.0512. The van der Waals surface area contributed by atoms with Gasteiger partial charge in [-0.3, -0.25) is 4.79 Å². The molecule has 1 N–H and O–H groups in total. The fraction of sp³-hybridized carbons (Fsp3) is 0.208. The molecule has 0 saturated heterocycles. The number of amides is 1. The summed E-state index contributed by atoms with van der Waals surface area (Å²) in [5, 5.41) is 2.63. The molecule has 34 heavy (non-hydrogen) atoms. The van der Waals surface area contributed by atoms with Crippen LogP contribution < -0.4 is 14.8 Å². The van der Waals surface area contributed by atoms with E-state index in [1.165, 1.54) is 31.4 Å². The number of benzene rings is 3. The van der Waals surface area contributed by atoms with E-state index >= 15 is 0 Å². The molecular formula is C24H19F6NO3. The van der Waals surface area contributed by atoms with E-state index in [1.54, 1.807) is 0 Å². The van der Waals surface area contributed by atoms with E-state index in [1.807, 2.05) is 0 Å². The number of carbonyl (C=O) groups excluding carboxylic acids is 1. The molecule has 1 unspecified atom stereocenters. The van der Waals surface area contributed by atoms with Crippen molar-refractivity contribution in [3.8, 4) is 11.5 Å². The molecule has 4 nitrogen and oxygen atoms in total. The fourth-order valence-electron chi connectivity index (χ4n) is 3.31. The number of nitrogens with one attached hydrogen (secondary N) is 1. The second kappa shape index (κ2) is 11.0. The number of carbonyl (C=O) groups is 1. The van der Waals surface area contributed by atoms with Crippen molar-refractivity contribution in [2.75, 3.05) is 7.11 Å². The Bertz CT molecular complexity index is 1170. The quantitative estimate of drug-likeness (QED) is 0.383. The molecule has 0 aliphatic rings. The SMILES string of the molecule is COc1ccc(C(=O)NC(CCc2ccc(F)c(F)c2)c2ccc(F)c(F)c2)cc1OC(F)F. The molecular weight excluding hydrogens is 464 g/mol. The Kier molecular flexibility index (Phi) is 8.04. The van der Waals surface area contributed by atoms with Crippen LogP contribution in [0.4, 0.5) is 26.3 Å². The van der Waals surface area contributed by atoms with Gasteiger partial charge in [-0.15, -0.1) is 0 Å². The van der Waals surface area contributed by atoms with Crippen molar-refractivity contribution in [3.05, 3.63) is 94.6 Å². The molecule has 3 aromatic rings. The van der Waals surface area contributed by atoms with Crippen molar-refractivity contribution < 1.29 is 40.6 Å². The zero-order chi connectivity index (χ0) is 24.8. The van der Waals surface area contributed by atoms with Gasteiger partial charge < -0.3 is 14.8 Å². The Morgan fingerprint density at radius 3 is 2.15 bits per heavy atom. The van der Waals surface area contributed by atoms with Crippen LogP contribution in [0.3, 0.4) is 0 Å². The van der Waals surface area contributed by atoms with Crippen LogP contribution in [-0.2, 0) is 6.42 Å². The molecule has 180 valence electrons. The van der Waals surface area contributed by atoms with Crippen LogP contribution in [0, 0.1) is 23.3 Å². The molecule has 0 heterocycles. The van der Waals surface area contributed by atoms with Gasteiger partial charge in [-0.25, -0.2) is 17.6 Å². The third-order valence-electron chi connectivity index (χ3n) is 5.00. The van der Waals surface area contributed by atoms with Crippen LogP contribution in [-0.4, -0.2) is 19.6 Å². The maximum atomic E-state index is 13.8. The second-order valence-corrected chi connectivity index (χ2v) is 7.23. The average molecular weight is 483 g/mol. The van der Waals surface area contributed by atoms with E-state index in [2.05, 4.69) is 10.1 Å².